The topological polar surface area (TPSA) is 59.9 Å². The van der Waals surface area contributed by atoms with Gasteiger partial charge in [0.1, 0.15) is 12.4 Å². The van der Waals surface area contributed by atoms with Crippen LogP contribution in [0.15, 0.2) is 47.6 Å². The summed E-state index contributed by atoms with van der Waals surface area (Å²) in [6.45, 7) is 2.27. The fourth-order valence-electron chi connectivity index (χ4n) is 2.01. The average Bonchev–Trinajstić information content (AvgIpc) is 2.62. The summed E-state index contributed by atoms with van der Waals surface area (Å²) in [6.07, 6.45) is -0.533. The van der Waals surface area contributed by atoms with Gasteiger partial charge in [0.25, 0.3) is 0 Å². The molecule has 0 aliphatic heterocycles. The Bertz CT molecular complexity index is 763. The van der Waals surface area contributed by atoms with Crippen LogP contribution in [0.5, 0.6) is 0 Å². The largest absolute Gasteiger partial charge is 0.453 e. The second-order valence-electron chi connectivity index (χ2n) is 5.23. The van der Waals surface area contributed by atoms with Crippen LogP contribution in [0, 0.1) is 5.82 Å². The molecule has 2 aromatic rings. The van der Waals surface area contributed by atoms with Gasteiger partial charge >= 0.3 is 6.09 Å². The molecular formula is C18H18ClFN2O3. The first-order chi connectivity index (χ1) is 12.0. The fraction of sp³-hybridized carbons (Fsp3) is 0.222. The molecule has 132 valence electrons. The van der Waals surface area contributed by atoms with Gasteiger partial charge in [0.05, 0.1) is 12.8 Å². The molecule has 0 spiro atoms. The Kier molecular flexibility index (Phi) is 6.77. The van der Waals surface area contributed by atoms with Crippen LogP contribution in [0.4, 0.5) is 9.18 Å². The molecule has 25 heavy (non-hydrogen) atoms. The summed E-state index contributed by atoms with van der Waals surface area (Å²) in [5.41, 5.74) is 3.01. The lowest BCUT2D eigenvalue weighted by Gasteiger charge is -2.09. The van der Waals surface area contributed by atoms with Crippen LogP contribution >= 0.6 is 11.6 Å². The number of oxime groups is 1. The van der Waals surface area contributed by atoms with Crippen LogP contribution in [0.2, 0.25) is 5.02 Å². The minimum atomic E-state index is -0.533. The molecule has 0 saturated carbocycles. The van der Waals surface area contributed by atoms with E-state index in [1.807, 2.05) is 12.1 Å². The van der Waals surface area contributed by atoms with E-state index >= 15 is 0 Å². The number of nitrogens with zero attached hydrogens (tertiary/aromatic N) is 1. The van der Waals surface area contributed by atoms with Crippen molar-refractivity contribution in [3.05, 3.63) is 70.0 Å². The Morgan fingerprint density at radius 1 is 1.24 bits per heavy atom. The molecule has 0 aromatic heterocycles. The van der Waals surface area contributed by atoms with Crippen molar-refractivity contribution in [3.8, 4) is 0 Å². The molecule has 1 amide bonds. The number of hydrogen-bond acceptors (Lipinski definition) is 4. The third kappa shape index (κ3) is 5.76. The second-order valence-corrected chi connectivity index (χ2v) is 5.64. The Morgan fingerprint density at radius 3 is 2.64 bits per heavy atom. The smallest absolute Gasteiger partial charge is 0.407 e. The highest BCUT2D eigenvalue weighted by Crippen LogP contribution is 2.18. The van der Waals surface area contributed by atoms with Gasteiger partial charge in [0, 0.05) is 11.6 Å². The van der Waals surface area contributed by atoms with E-state index in [0.717, 1.165) is 16.7 Å². The van der Waals surface area contributed by atoms with Gasteiger partial charge < -0.3 is 14.9 Å². The molecule has 2 rings (SSSR count). The number of hydrogen-bond donors (Lipinski definition) is 1. The van der Waals surface area contributed by atoms with Gasteiger partial charge in [0.15, 0.2) is 0 Å². The molecule has 0 bridgehead atoms. The van der Waals surface area contributed by atoms with Gasteiger partial charge in [-0.05, 0) is 47.9 Å². The van der Waals surface area contributed by atoms with Crippen molar-refractivity contribution in [1.82, 2.24) is 5.32 Å². The summed E-state index contributed by atoms with van der Waals surface area (Å²) in [4.78, 5) is 16.5. The quantitative estimate of drug-likeness (QED) is 0.615. The number of nitrogens with one attached hydrogen (secondary N) is 1. The van der Waals surface area contributed by atoms with Crippen LogP contribution in [-0.4, -0.2) is 18.9 Å². The van der Waals surface area contributed by atoms with E-state index in [1.165, 1.54) is 19.2 Å². The van der Waals surface area contributed by atoms with Crippen LogP contribution in [0.25, 0.3) is 0 Å². The van der Waals surface area contributed by atoms with Crippen molar-refractivity contribution < 1.29 is 18.8 Å². The van der Waals surface area contributed by atoms with E-state index in [4.69, 9.17) is 16.4 Å². The molecule has 0 unspecified atom stereocenters. The van der Waals surface area contributed by atoms with Crippen LogP contribution in [0.1, 0.15) is 23.6 Å². The monoisotopic (exact) mass is 364 g/mol. The van der Waals surface area contributed by atoms with Gasteiger partial charge in [-0.1, -0.05) is 35.0 Å². The second kappa shape index (κ2) is 9.03. The third-order valence-corrected chi connectivity index (χ3v) is 3.79. The highest BCUT2D eigenvalue weighted by Gasteiger charge is 2.07. The van der Waals surface area contributed by atoms with Gasteiger partial charge in [-0.15, -0.1) is 0 Å². The van der Waals surface area contributed by atoms with E-state index in [2.05, 4.69) is 15.2 Å². The summed E-state index contributed by atoms with van der Waals surface area (Å²) < 4.78 is 17.4. The summed E-state index contributed by atoms with van der Waals surface area (Å²) >= 11 is 6.13. The predicted octanol–water partition coefficient (Wildman–Crippen LogP) is 4.28. The predicted molar refractivity (Wildman–Crippen MR) is 94.1 cm³/mol. The lowest BCUT2D eigenvalue weighted by atomic mass is 10.1. The minimum Gasteiger partial charge on any atom is -0.453 e. The Labute approximate surface area is 150 Å². The Morgan fingerprint density at radius 2 is 1.96 bits per heavy atom. The van der Waals surface area contributed by atoms with E-state index in [0.29, 0.717) is 10.7 Å². The van der Waals surface area contributed by atoms with Crippen molar-refractivity contribution in [1.29, 1.82) is 0 Å². The number of halogens is 2. The number of alkyl carbamates (subject to hydrolysis) is 1. The molecule has 0 atom stereocenters. The number of amides is 1. The van der Waals surface area contributed by atoms with Crippen LogP contribution in [-0.2, 0) is 22.7 Å². The number of methoxy groups -OCH3 is 1. The summed E-state index contributed by atoms with van der Waals surface area (Å²) in [7, 11) is 1.29. The zero-order valence-electron chi connectivity index (χ0n) is 13.9. The molecule has 0 radical (unpaired) electrons. The van der Waals surface area contributed by atoms with E-state index in [1.54, 1.807) is 25.1 Å². The van der Waals surface area contributed by atoms with Crippen LogP contribution < -0.4 is 5.32 Å². The summed E-state index contributed by atoms with van der Waals surface area (Å²) in [6, 6.07) is 11.4. The maximum absolute atomic E-state index is 12.9. The molecule has 1 N–H and O–H groups in total. The highest BCUT2D eigenvalue weighted by molar-refractivity contribution is 6.31. The van der Waals surface area contributed by atoms with Crippen LogP contribution in [0.3, 0.4) is 0 Å². The molecule has 0 aliphatic carbocycles. The van der Waals surface area contributed by atoms with Gasteiger partial charge in [-0.2, -0.15) is 0 Å². The third-order valence-electron chi connectivity index (χ3n) is 3.42. The normalized spacial score (nSPS) is 11.1. The molecule has 0 fully saturated rings. The maximum Gasteiger partial charge on any atom is 0.407 e. The summed E-state index contributed by atoms with van der Waals surface area (Å²) in [5.74, 6) is -0.294. The van der Waals surface area contributed by atoms with Crippen molar-refractivity contribution >= 4 is 23.4 Å². The number of carbonyl (C=O) groups is 1. The van der Waals surface area contributed by atoms with Gasteiger partial charge in [-0.25, -0.2) is 9.18 Å². The Balaban J connectivity index is 2.01. The fourth-order valence-corrected chi connectivity index (χ4v) is 2.20. The molecule has 2 aromatic carbocycles. The van der Waals surface area contributed by atoms with Crippen molar-refractivity contribution in [2.75, 3.05) is 7.11 Å². The number of benzene rings is 2. The summed E-state index contributed by atoms with van der Waals surface area (Å²) in [5, 5.41) is 7.17. The Hall–Kier alpha value is -2.60. The average molecular weight is 365 g/mol. The van der Waals surface area contributed by atoms with E-state index in [-0.39, 0.29) is 19.0 Å². The number of ether oxygens (including phenoxy) is 1. The molecule has 0 heterocycles. The minimum absolute atomic E-state index is 0.238. The number of rotatable bonds is 6. The first-order valence-corrected chi connectivity index (χ1v) is 7.89. The highest BCUT2D eigenvalue weighted by atomic mass is 35.5. The van der Waals surface area contributed by atoms with Crippen molar-refractivity contribution in [2.45, 2.75) is 20.1 Å². The van der Waals surface area contributed by atoms with Gasteiger partial charge in [-0.3, -0.25) is 0 Å². The lowest BCUT2D eigenvalue weighted by Crippen LogP contribution is -2.22. The lowest BCUT2D eigenvalue weighted by molar-refractivity contribution is 0.130. The van der Waals surface area contributed by atoms with Gasteiger partial charge in [0.2, 0.25) is 0 Å². The number of carbonyl (C=O) groups excluding carboxylic acids is 1. The molecule has 0 saturated heterocycles. The van der Waals surface area contributed by atoms with E-state index < -0.39 is 6.09 Å². The standard InChI is InChI=1S/C18H18ClFN2O3/c1-12(22-25-11-13-3-6-16(20)7-4-13)14-5-8-17(19)15(9-14)10-21-18(23)24-2/h3-9H,10-11H2,1-2H3,(H,21,23). The molecular weight excluding hydrogens is 347 g/mol. The molecule has 5 nitrogen and oxygen atoms in total. The zero-order chi connectivity index (χ0) is 18.2. The van der Waals surface area contributed by atoms with Crippen molar-refractivity contribution in [3.63, 3.8) is 0 Å². The SMILES string of the molecule is COC(=O)NCc1cc(C(C)=NOCc2ccc(F)cc2)ccc1Cl. The molecule has 7 heteroatoms. The first kappa shape index (κ1) is 18.7. The molecule has 0 aliphatic rings. The van der Waals surface area contributed by atoms with E-state index in [9.17, 15) is 9.18 Å². The van der Waals surface area contributed by atoms with Crippen molar-refractivity contribution in [2.24, 2.45) is 5.16 Å². The zero-order valence-corrected chi connectivity index (χ0v) is 14.6. The maximum atomic E-state index is 12.9. The first-order valence-electron chi connectivity index (χ1n) is 7.51.